The Morgan fingerprint density at radius 1 is 1.53 bits per heavy atom. The average molecular weight is 311 g/mol. The van der Waals surface area contributed by atoms with Gasteiger partial charge in [-0.2, -0.15) is 0 Å². The highest BCUT2D eigenvalue weighted by atomic mass is 79.9. The second kappa shape index (κ2) is 4.38. The molecule has 0 bridgehead atoms. The van der Waals surface area contributed by atoms with Crippen LogP contribution in [0.1, 0.15) is 19.3 Å². The lowest BCUT2D eigenvalue weighted by molar-refractivity contribution is -0.116. The number of amides is 1. The molecule has 3 nitrogen and oxygen atoms in total. The number of hydrogen-bond acceptors (Lipinski definition) is 3. The molecule has 17 heavy (non-hydrogen) atoms. The van der Waals surface area contributed by atoms with E-state index in [1.165, 1.54) is 24.2 Å². The van der Waals surface area contributed by atoms with E-state index in [4.69, 9.17) is 0 Å². The number of aromatic nitrogens is 1. The van der Waals surface area contributed by atoms with Gasteiger partial charge in [-0.3, -0.25) is 4.79 Å². The zero-order valence-corrected chi connectivity index (χ0v) is 11.5. The van der Waals surface area contributed by atoms with E-state index in [1.807, 2.05) is 18.2 Å². The van der Waals surface area contributed by atoms with E-state index in [-0.39, 0.29) is 5.91 Å². The Balaban J connectivity index is 1.77. The summed E-state index contributed by atoms with van der Waals surface area (Å²) in [6.45, 7) is 0. The summed E-state index contributed by atoms with van der Waals surface area (Å²) < 4.78 is 2.12. The fourth-order valence-corrected chi connectivity index (χ4v) is 3.14. The van der Waals surface area contributed by atoms with Gasteiger partial charge in [0.25, 0.3) is 0 Å². The molecule has 0 aliphatic heterocycles. The Hall–Kier alpha value is -0.940. The zero-order valence-electron chi connectivity index (χ0n) is 9.07. The number of thiazole rings is 1. The molecule has 0 unspecified atom stereocenters. The van der Waals surface area contributed by atoms with E-state index in [0.29, 0.717) is 17.5 Å². The van der Waals surface area contributed by atoms with Crippen molar-refractivity contribution in [3.8, 4) is 0 Å². The van der Waals surface area contributed by atoms with Crippen LogP contribution in [0.5, 0.6) is 0 Å². The molecule has 1 aliphatic rings. The van der Waals surface area contributed by atoms with Crippen molar-refractivity contribution >= 4 is 48.5 Å². The largest absolute Gasteiger partial charge is 0.302 e. The average Bonchev–Trinajstić information content (AvgIpc) is 2.97. The normalized spacial score (nSPS) is 15.1. The molecule has 0 radical (unpaired) electrons. The lowest BCUT2D eigenvalue weighted by Crippen LogP contribution is -2.11. The van der Waals surface area contributed by atoms with Crippen molar-refractivity contribution in [2.75, 3.05) is 5.32 Å². The first-order valence-electron chi connectivity index (χ1n) is 5.56. The van der Waals surface area contributed by atoms with Crippen LogP contribution in [0.3, 0.4) is 0 Å². The molecule has 1 fully saturated rings. The first-order chi connectivity index (χ1) is 8.20. The molecule has 5 heteroatoms. The summed E-state index contributed by atoms with van der Waals surface area (Å²) in [4.78, 5) is 16.0. The van der Waals surface area contributed by atoms with Crippen molar-refractivity contribution in [2.45, 2.75) is 19.3 Å². The summed E-state index contributed by atoms with van der Waals surface area (Å²) >= 11 is 4.94. The van der Waals surface area contributed by atoms with Crippen LogP contribution in [0.25, 0.3) is 10.2 Å². The molecule has 1 aromatic carbocycles. The third-order valence-corrected chi connectivity index (χ3v) is 4.19. The van der Waals surface area contributed by atoms with Crippen LogP contribution >= 0.6 is 27.3 Å². The van der Waals surface area contributed by atoms with E-state index >= 15 is 0 Å². The van der Waals surface area contributed by atoms with Crippen molar-refractivity contribution in [1.29, 1.82) is 0 Å². The maximum atomic E-state index is 11.7. The molecule has 0 spiro atoms. The summed E-state index contributed by atoms with van der Waals surface area (Å²) in [5.41, 5.74) is 0.930. The van der Waals surface area contributed by atoms with Gasteiger partial charge in [-0.05, 0) is 37.0 Å². The van der Waals surface area contributed by atoms with Crippen molar-refractivity contribution in [3.05, 3.63) is 22.7 Å². The topological polar surface area (TPSA) is 42.0 Å². The van der Waals surface area contributed by atoms with Gasteiger partial charge in [-0.15, -0.1) is 0 Å². The lowest BCUT2D eigenvalue weighted by atomic mass is 10.3. The predicted octanol–water partition coefficient (Wildman–Crippen LogP) is 3.80. The number of rotatable bonds is 3. The van der Waals surface area contributed by atoms with E-state index < -0.39 is 0 Å². The van der Waals surface area contributed by atoms with Crippen LogP contribution < -0.4 is 5.32 Å². The molecule has 0 saturated heterocycles. The smallest absolute Gasteiger partial charge is 0.226 e. The molecule has 1 amide bonds. The molecule has 1 saturated carbocycles. The minimum absolute atomic E-state index is 0.0885. The van der Waals surface area contributed by atoms with Crippen molar-refractivity contribution in [3.63, 3.8) is 0 Å². The van der Waals surface area contributed by atoms with Crippen molar-refractivity contribution in [2.24, 2.45) is 5.92 Å². The van der Waals surface area contributed by atoms with E-state index in [1.54, 1.807) is 0 Å². The molecule has 1 N–H and O–H groups in total. The molecule has 88 valence electrons. The lowest BCUT2D eigenvalue weighted by Gasteiger charge is -1.98. The fraction of sp³-hybridized carbons (Fsp3) is 0.333. The van der Waals surface area contributed by atoms with Gasteiger partial charge in [0.2, 0.25) is 5.91 Å². The third-order valence-electron chi connectivity index (χ3n) is 2.77. The van der Waals surface area contributed by atoms with Crippen LogP contribution in [-0.4, -0.2) is 10.9 Å². The van der Waals surface area contributed by atoms with Crippen molar-refractivity contribution < 1.29 is 4.79 Å². The van der Waals surface area contributed by atoms with Crippen LogP contribution in [0.4, 0.5) is 5.13 Å². The van der Waals surface area contributed by atoms with E-state index in [2.05, 4.69) is 26.2 Å². The van der Waals surface area contributed by atoms with Gasteiger partial charge in [0.05, 0.1) is 10.2 Å². The summed E-state index contributed by atoms with van der Waals surface area (Å²) in [6.07, 6.45) is 3.03. The first-order valence-corrected chi connectivity index (χ1v) is 7.17. The number of halogens is 1. The predicted molar refractivity (Wildman–Crippen MR) is 73.3 cm³/mol. The van der Waals surface area contributed by atoms with Crippen LogP contribution in [0, 0.1) is 5.92 Å². The summed E-state index contributed by atoms with van der Waals surface area (Å²) in [5.74, 6) is 0.698. The number of nitrogens with zero attached hydrogens (tertiary/aromatic N) is 1. The number of hydrogen-bond donors (Lipinski definition) is 1. The number of anilines is 1. The first kappa shape index (κ1) is 11.2. The van der Waals surface area contributed by atoms with Gasteiger partial charge >= 0.3 is 0 Å². The summed E-state index contributed by atoms with van der Waals surface area (Å²) in [5, 5.41) is 3.57. The molecule has 3 rings (SSSR count). The maximum absolute atomic E-state index is 11.7. The second-order valence-corrected chi connectivity index (χ2v) is 6.27. The quantitative estimate of drug-likeness (QED) is 0.937. The minimum Gasteiger partial charge on any atom is -0.302 e. The van der Waals surface area contributed by atoms with E-state index in [0.717, 1.165) is 14.7 Å². The van der Waals surface area contributed by atoms with Gasteiger partial charge in [-0.25, -0.2) is 4.98 Å². The third kappa shape index (κ3) is 2.66. The SMILES string of the molecule is O=C(CC1CC1)Nc1nc2ccc(Br)cc2s1. The Bertz CT molecular complexity index is 577. The highest BCUT2D eigenvalue weighted by Gasteiger charge is 2.24. The Labute approximate surface area is 111 Å². The standard InChI is InChI=1S/C12H11BrN2OS/c13-8-3-4-9-10(6-8)17-12(14-9)15-11(16)5-7-1-2-7/h3-4,6-7H,1-2,5H2,(H,14,15,16). The number of carbonyl (C=O) groups is 1. The number of fused-ring (bicyclic) bond motifs is 1. The highest BCUT2D eigenvalue weighted by Crippen LogP contribution is 2.33. The molecular weight excluding hydrogens is 300 g/mol. The Kier molecular flexibility index (Phi) is 2.88. The fourth-order valence-electron chi connectivity index (χ4n) is 1.71. The van der Waals surface area contributed by atoms with Crippen LogP contribution in [0.15, 0.2) is 22.7 Å². The van der Waals surface area contributed by atoms with E-state index in [9.17, 15) is 4.79 Å². The molecule has 1 aromatic heterocycles. The maximum Gasteiger partial charge on any atom is 0.226 e. The summed E-state index contributed by atoms with van der Waals surface area (Å²) in [7, 11) is 0. The molecule has 2 aromatic rings. The van der Waals surface area contributed by atoms with Gasteiger partial charge < -0.3 is 5.32 Å². The number of nitrogens with one attached hydrogen (secondary N) is 1. The Morgan fingerprint density at radius 3 is 3.12 bits per heavy atom. The van der Waals surface area contributed by atoms with Gasteiger partial charge in [0, 0.05) is 10.9 Å². The molecule has 1 heterocycles. The second-order valence-electron chi connectivity index (χ2n) is 4.33. The number of benzene rings is 1. The summed E-state index contributed by atoms with van der Waals surface area (Å²) in [6, 6.07) is 5.92. The molecule has 0 atom stereocenters. The van der Waals surface area contributed by atoms with Gasteiger partial charge in [-0.1, -0.05) is 27.3 Å². The van der Waals surface area contributed by atoms with Gasteiger partial charge in [0.1, 0.15) is 0 Å². The number of carbonyl (C=O) groups excluding carboxylic acids is 1. The Morgan fingerprint density at radius 2 is 2.35 bits per heavy atom. The van der Waals surface area contributed by atoms with Crippen LogP contribution in [-0.2, 0) is 4.79 Å². The highest BCUT2D eigenvalue weighted by molar-refractivity contribution is 9.10. The molecule has 1 aliphatic carbocycles. The van der Waals surface area contributed by atoms with Gasteiger partial charge in [0.15, 0.2) is 5.13 Å². The van der Waals surface area contributed by atoms with Crippen molar-refractivity contribution in [1.82, 2.24) is 4.98 Å². The monoisotopic (exact) mass is 310 g/mol. The van der Waals surface area contributed by atoms with Crippen LogP contribution in [0.2, 0.25) is 0 Å². The minimum atomic E-state index is 0.0885. The molecular formula is C12H11BrN2OS. The zero-order chi connectivity index (χ0) is 11.8.